The quantitative estimate of drug-likeness (QED) is 0.710. The lowest BCUT2D eigenvalue weighted by Gasteiger charge is -2.30. The van der Waals surface area contributed by atoms with Crippen LogP contribution in [0, 0.1) is 0 Å². The Balaban J connectivity index is 2.00. The van der Waals surface area contributed by atoms with E-state index in [0.29, 0.717) is 5.56 Å². The van der Waals surface area contributed by atoms with Crippen molar-refractivity contribution in [3.8, 4) is 0 Å². The number of rotatable bonds is 1. The topological polar surface area (TPSA) is 46.3 Å². The first-order valence-electron chi connectivity index (χ1n) is 6.71. The summed E-state index contributed by atoms with van der Waals surface area (Å²) in [5.74, 6) is 0.0140. The van der Waals surface area contributed by atoms with E-state index in [1.165, 1.54) is 0 Å². The summed E-state index contributed by atoms with van der Waals surface area (Å²) >= 11 is 6.87. The Bertz CT molecular complexity index is 715. The van der Waals surface area contributed by atoms with Crippen LogP contribution in [0.5, 0.6) is 0 Å². The standard InChI is InChI=1S/C16H14Br2N2O/c17-11-3-5-13(14(18)9-11)16(21)20-7-1-2-10-8-12(19)4-6-15(10)20/h3-6,8-9H,1-2,7,19H2. The number of carbonyl (C=O) groups excluding carboxylic acids is 1. The molecular formula is C16H14Br2N2O. The Morgan fingerprint density at radius 1 is 1.14 bits per heavy atom. The second-order valence-corrected chi connectivity index (χ2v) is 6.84. The van der Waals surface area contributed by atoms with Crippen LogP contribution in [0.15, 0.2) is 45.3 Å². The van der Waals surface area contributed by atoms with Crippen molar-refractivity contribution in [3.63, 3.8) is 0 Å². The predicted octanol–water partition coefficient (Wildman–Crippen LogP) is 4.39. The summed E-state index contributed by atoms with van der Waals surface area (Å²) in [6, 6.07) is 11.4. The zero-order valence-corrected chi connectivity index (χ0v) is 14.4. The van der Waals surface area contributed by atoms with Crippen LogP contribution in [0.25, 0.3) is 0 Å². The fraction of sp³-hybridized carbons (Fsp3) is 0.188. The monoisotopic (exact) mass is 408 g/mol. The van der Waals surface area contributed by atoms with E-state index in [4.69, 9.17) is 5.73 Å². The maximum Gasteiger partial charge on any atom is 0.259 e. The van der Waals surface area contributed by atoms with Crippen LogP contribution in [0.2, 0.25) is 0 Å². The second kappa shape index (κ2) is 5.81. The van der Waals surface area contributed by atoms with Gasteiger partial charge in [0.05, 0.1) is 5.56 Å². The van der Waals surface area contributed by atoms with Crippen LogP contribution in [-0.2, 0) is 6.42 Å². The average Bonchev–Trinajstić information content (AvgIpc) is 2.45. The SMILES string of the molecule is Nc1ccc2c(c1)CCCN2C(=O)c1ccc(Br)cc1Br. The summed E-state index contributed by atoms with van der Waals surface area (Å²) in [6.07, 6.45) is 1.92. The molecule has 5 heteroatoms. The fourth-order valence-corrected chi connectivity index (χ4v) is 3.85. The lowest BCUT2D eigenvalue weighted by Crippen LogP contribution is -2.35. The van der Waals surface area contributed by atoms with Crippen molar-refractivity contribution in [1.29, 1.82) is 0 Å². The third kappa shape index (κ3) is 2.85. The van der Waals surface area contributed by atoms with Crippen molar-refractivity contribution in [3.05, 3.63) is 56.5 Å². The van der Waals surface area contributed by atoms with Gasteiger partial charge in [0.2, 0.25) is 0 Å². The van der Waals surface area contributed by atoms with E-state index < -0.39 is 0 Å². The van der Waals surface area contributed by atoms with Crippen molar-refractivity contribution in [2.24, 2.45) is 0 Å². The van der Waals surface area contributed by atoms with Gasteiger partial charge in [-0.1, -0.05) is 15.9 Å². The molecular weight excluding hydrogens is 396 g/mol. The van der Waals surface area contributed by atoms with E-state index >= 15 is 0 Å². The molecule has 3 nitrogen and oxygen atoms in total. The lowest BCUT2D eigenvalue weighted by molar-refractivity contribution is 0.0984. The summed E-state index contributed by atoms with van der Waals surface area (Å²) in [4.78, 5) is 14.7. The number of nitrogen functional groups attached to an aromatic ring is 1. The van der Waals surface area contributed by atoms with Crippen LogP contribution >= 0.6 is 31.9 Å². The number of benzene rings is 2. The number of hydrogen-bond donors (Lipinski definition) is 1. The molecule has 21 heavy (non-hydrogen) atoms. The van der Waals surface area contributed by atoms with Gasteiger partial charge in [-0.15, -0.1) is 0 Å². The number of hydrogen-bond acceptors (Lipinski definition) is 2. The summed E-state index contributed by atoms with van der Waals surface area (Å²) < 4.78 is 1.74. The molecule has 0 saturated carbocycles. The van der Waals surface area contributed by atoms with Crippen molar-refractivity contribution in [2.45, 2.75) is 12.8 Å². The first kappa shape index (κ1) is 14.6. The maximum atomic E-state index is 12.8. The minimum atomic E-state index is 0.0140. The Kier molecular flexibility index (Phi) is 4.04. The molecule has 0 unspecified atom stereocenters. The van der Waals surface area contributed by atoms with Crippen LogP contribution in [0.1, 0.15) is 22.3 Å². The van der Waals surface area contributed by atoms with Gasteiger partial charge in [-0.25, -0.2) is 0 Å². The Morgan fingerprint density at radius 2 is 1.95 bits per heavy atom. The predicted molar refractivity (Wildman–Crippen MR) is 92.7 cm³/mol. The zero-order valence-electron chi connectivity index (χ0n) is 11.3. The molecule has 1 heterocycles. The largest absolute Gasteiger partial charge is 0.399 e. The molecule has 0 spiro atoms. The lowest BCUT2D eigenvalue weighted by atomic mass is 10.00. The van der Waals surface area contributed by atoms with Crippen LogP contribution < -0.4 is 10.6 Å². The van der Waals surface area contributed by atoms with Gasteiger partial charge in [0, 0.05) is 26.9 Å². The number of halogens is 2. The first-order chi connectivity index (χ1) is 10.1. The van der Waals surface area contributed by atoms with E-state index in [-0.39, 0.29) is 5.91 Å². The van der Waals surface area contributed by atoms with E-state index in [2.05, 4.69) is 31.9 Å². The van der Waals surface area contributed by atoms with Crippen molar-refractivity contribution in [2.75, 3.05) is 17.2 Å². The molecule has 3 rings (SSSR count). The molecule has 0 fully saturated rings. The molecule has 1 amide bonds. The minimum absolute atomic E-state index is 0.0140. The van der Waals surface area contributed by atoms with Crippen molar-refractivity contribution in [1.82, 2.24) is 0 Å². The zero-order chi connectivity index (χ0) is 15.0. The van der Waals surface area contributed by atoms with Crippen LogP contribution in [-0.4, -0.2) is 12.5 Å². The smallest absolute Gasteiger partial charge is 0.259 e. The summed E-state index contributed by atoms with van der Waals surface area (Å²) in [5, 5.41) is 0. The highest BCUT2D eigenvalue weighted by Crippen LogP contribution is 2.31. The van der Waals surface area contributed by atoms with E-state index in [1.54, 1.807) is 0 Å². The normalized spacial score (nSPS) is 13.9. The Morgan fingerprint density at radius 3 is 2.71 bits per heavy atom. The van der Waals surface area contributed by atoms with Gasteiger partial charge in [0.15, 0.2) is 0 Å². The number of aryl methyl sites for hydroxylation is 1. The molecule has 0 aliphatic carbocycles. The number of carbonyl (C=O) groups is 1. The van der Waals surface area contributed by atoms with E-state index in [1.807, 2.05) is 41.3 Å². The number of amides is 1. The van der Waals surface area contributed by atoms with Crippen molar-refractivity contribution >= 4 is 49.1 Å². The van der Waals surface area contributed by atoms with Gasteiger partial charge in [0.25, 0.3) is 5.91 Å². The first-order valence-corrected chi connectivity index (χ1v) is 8.30. The molecule has 0 aromatic heterocycles. The van der Waals surface area contributed by atoms with Crippen molar-refractivity contribution < 1.29 is 4.79 Å². The number of nitrogens with zero attached hydrogens (tertiary/aromatic N) is 1. The summed E-state index contributed by atoms with van der Waals surface area (Å²) in [7, 11) is 0. The van der Waals surface area contributed by atoms with E-state index in [0.717, 1.165) is 45.3 Å². The molecule has 1 aliphatic rings. The molecule has 1 aliphatic heterocycles. The van der Waals surface area contributed by atoms with Crippen LogP contribution in [0.4, 0.5) is 11.4 Å². The Hall–Kier alpha value is -1.33. The molecule has 2 N–H and O–H groups in total. The van der Waals surface area contributed by atoms with E-state index in [9.17, 15) is 4.79 Å². The molecule has 0 radical (unpaired) electrons. The van der Waals surface area contributed by atoms with Crippen LogP contribution in [0.3, 0.4) is 0 Å². The summed E-state index contributed by atoms with van der Waals surface area (Å²) in [5.41, 5.74) is 9.36. The molecule has 2 aromatic rings. The highest BCUT2D eigenvalue weighted by Gasteiger charge is 2.24. The molecule has 2 aromatic carbocycles. The number of nitrogens with two attached hydrogens (primary N) is 1. The van der Waals surface area contributed by atoms with Gasteiger partial charge >= 0.3 is 0 Å². The highest BCUT2D eigenvalue weighted by molar-refractivity contribution is 9.11. The number of anilines is 2. The minimum Gasteiger partial charge on any atom is -0.399 e. The molecule has 0 bridgehead atoms. The van der Waals surface area contributed by atoms with Gasteiger partial charge < -0.3 is 10.6 Å². The summed E-state index contributed by atoms with van der Waals surface area (Å²) in [6.45, 7) is 0.734. The molecule has 0 saturated heterocycles. The Labute approximate surface area is 140 Å². The number of fused-ring (bicyclic) bond motifs is 1. The van der Waals surface area contributed by atoms with Gasteiger partial charge in [-0.05, 0) is 70.7 Å². The second-order valence-electron chi connectivity index (χ2n) is 5.07. The van der Waals surface area contributed by atoms with Gasteiger partial charge in [0.1, 0.15) is 0 Å². The third-order valence-electron chi connectivity index (χ3n) is 3.63. The molecule has 0 atom stereocenters. The van der Waals surface area contributed by atoms with Gasteiger partial charge in [-0.3, -0.25) is 4.79 Å². The maximum absolute atomic E-state index is 12.8. The highest BCUT2D eigenvalue weighted by atomic mass is 79.9. The fourth-order valence-electron chi connectivity index (χ4n) is 2.64. The third-order valence-corrected chi connectivity index (χ3v) is 4.78. The van der Waals surface area contributed by atoms with Gasteiger partial charge in [-0.2, -0.15) is 0 Å². The average molecular weight is 410 g/mol. The molecule has 108 valence electrons.